The van der Waals surface area contributed by atoms with Crippen molar-refractivity contribution < 1.29 is 18.7 Å². The first-order valence-corrected chi connectivity index (χ1v) is 9.36. The molecule has 0 N–H and O–H groups in total. The summed E-state index contributed by atoms with van der Waals surface area (Å²) >= 11 is 0. The summed E-state index contributed by atoms with van der Waals surface area (Å²) in [5.74, 6) is 1.15. The van der Waals surface area contributed by atoms with E-state index in [9.17, 15) is 9.59 Å². The Morgan fingerprint density at radius 3 is 2.14 bits per heavy atom. The number of carbonyl (C=O) groups excluding carboxylic acids is 2. The zero-order chi connectivity index (χ0) is 20.1. The van der Waals surface area contributed by atoms with E-state index in [1.165, 1.54) is 6.92 Å². The van der Waals surface area contributed by atoms with Gasteiger partial charge in [-0.2, -0.15) is 0 Å². The monoisotopic (exact) mass is 376 g/mol. The third kappa shape index (κ3) is 4.39. The lowest BCUT2D eigenvalue weighted by atomic mass is 9.92. The SMILES string of the molecule is CC(=O)CCc1c(-c2ccccc2)oc(C)c1C(OC(C)=O)c1ccccc1. The average molecular weight is 376 g/mol. The first kappa shape index (κ1) is 19.6. The van der Waals surface area contributed by atoms with Gasteiger partial charge >= 0.3 is 5.97 Å². The van der Waals surface area contributed by atoms with Crippen LogP contribution in [0.4, 0.5) is 0 Å². The van der Waals surface area contributed by atoms with Gasteiger partial charge in [0.05, 0.1) is 0 Å². The number of hydrogen-bond donors (Lipinski definition) is 0. The number of rotatable bonds is 7. The minimum Gasteiger partial charge on any atom is -0.461 e. The first-order valence-electron chi connectivity index (χ1n) is 9.36. The molecule has 1 aromatic heterocycles. The van der Waals surface area contributed by atoms with Crippen LogP contribution < -0.4 is 0 Å². The molecule has 0 saturated heterocycles. The molecule has 0 spiro atoms. The van der Waals surface area contributed by atoms with Gasteiger partial charge in [-0.1, -0.05) is 60.7 Å². The number of benzene rings is 2. The van der Waals surface area contributed by atoms with Crippen LogP contribution in [0.15, 0.2) is 65.1 Å². The fourth-order valence-corrected chi connectivity index (χ4v) is 3.41. The van der Waals surface area contributed by atoms with Crippen LogP contribution in [0.2, 0.25) is 0 Å². The smallest absolute Gasteiger partial charge is 0.303 e. The van der Waals surface area contributed by atoms with Gasteiger partial charge < -0.3 is 13.9 Å². The van der Waals surface area contributed by atoms with Crippen LogP contribution in [0.1, 0.15) is 48.8 Å². The quantitative estimate of drug-likeness (QED) is 0.516. The fraction of sp³-hybridized carbons (Fsp3) is 0.250. The van der Waals surface area contributed by atoms with Gasteiger partial charge in [0.2, 0.25) is 0 Å². The second-order valence-corrected chi connectivity index (χ2v) is 6.85. The Labute approximate surface area is 165 Å². The van der Waals surface area contributed by atoms with E-state index in [1.807, 2.05) is 67.6 Å². The molecule has 4 heteroatoms. The molecule has 0 radical (unpaired) electrons. The molecule has 0 aliphatic rings. The summed E-state index contributed by atoms with van der Waals surface area (Å²) in [4.78, 5) is 23.5. The Bertz CT molecular complexity index is 955. The molecule has 0 fully saturated rings. The summed E-state index contributed by atoms with van der Waals surface area (Å²) in [6.45, 7) is 4.85. The van der Waals surface area contributed by atoms with Crippen molar-refractivity contribution in [2.75, 3.05) is 0 Å². The lowest BCUT2D eigenvalue weighted by molar-refractivity contribution is -0.144. The van der Waals surface area contributed by atoms with Crippen molar-refractivity contribution in [2.24, 2.45) is 0 Å². The Kier molecular flexibility index (Phi) is 6.09. The van der Waals surface area contributed by atoms with E-state index in [0.29, 0.717) is 18.6 Å². The Morgan fingerprint density at radius 2 is 1.57 bits per heavy atom. The normalized spacial score (nSPS) is 11.8. The molecule has 0 aliphatic heterocycles. The highest BCUT2D eigenvalue weighted by atomic mass is 16.5. The lowest BCUT2D eigenvalue weighted by Gasteiger charge is -2.19. The zero-order valence-electron chi connectivity index (χ0n) is 16.4. The lowest BCUT2D eigenvalue weighted by Crippen LogP contribution is -2.12. The van der Waals surface area contributed by atoms with Crippen molar-refractivity contribution in [1.82, 2.24) is 0 Å². The van der Waals surface area contributed by atoms with E-state index in [4.69, 9.17) is 9.15 Å². The average Bonchev–Trinajstić information content (AvgIpc) is 3.01. The predicted molar refractivity (Wildman–Crippen MR) is 108 cm³/mol. The highest BCUT2D eigenvalue weighted by Gasteiger charge is 2.28. The first-order chi connectivity index (χ1) is 13.5. The molecule has 4 nitrogen and oxygen atoms in total. The van der Waals surface area contributed by atoms with E-state index in [2.05, 4.69) is 0 Å². The molecule has 3 rings (SSSR count). The van der Waals surface area contributed by atoms with Gasteiger partial charge in [0.1, 0.15) is 17.3 Å². The van der Waals surface area contributed by atoms with E-state index in [-0.39, 0.29) is 11.8 Å². The Hall–Kier alpha value is -3.14. The number of carbonyl (C=O) groups is 2. The third-order valence-electron chi connectivity index (χ3n) is 4.65. The van der Waals surface area contributed by atoms with Gasteiger partial charge in [-0.25, -0.2) is 0 Å². The molecule has 1 heterocycles. The van der Waals surface area contributed by atoms with Crippen LogP contribution in [-0.4, -0.2) is 11.8 Å². The van der Waals surface area contributed by atoms with Crippen molar-refractivity contribution in [3.8, 4) is 11.3 Å². The number of furan rings is 1. The number of ketones is 1. The van der Waals surface area contributed by atoms with Gasteiger partial charge in [-0.05, 0) is 25.8 Å². The Balaban J connectivity index is 2.18. The van der Waals surface area contributed by atoms with Crippen molar-refractivity contribution in [2.45, 2.75) is 39.7 Å². The molecule has 1 unspecified atom stereocenters. The summed E-state index contributed by atoms with van der Waals surface area (Å²) in [6.07, 6.45) is 0.339. The largest absolute Gasteiger partial charge is 0.461 e. The molecule has 28 heavy (non-hydrogen) atoms. The topological polar surface area (TPSA) is 56.5 Å². The molecule has 0 aliphatic carbocycles. The Morgan fingerprint density at radius 1 is 0.964 bits per heavy atom. The number of hydrogen-bond acceptors (Lipinski definition) is 4. The van der Waals surface area contributed by atoms with E-state index in [0.717, 1.165) is 28.0 Å². The second kappa shape index (κ2) is 8.70. The summed E-state index contributed by atoms with van der Waals surface area (Å²) in [5.41, 5.74) is 3.53. The van der Waals surface area contributed by atoms with Gasteiger partial charge in [-0.15, -0.1) is 0 Å². The second-order valence-electron chi connectivity index (χ2n) is 6.85. The minimum absolute atomic E-state index is 0.104. The molecule has 144 valence electrons. The highest BCUT2D eigenvalue weighted by Crippen LogP contribution is 2.39. The molecule has 0 bridgehead atoms. The maximum absolute atomic E-state index is 11.9. The van der Waals surface area contributed by atoms with Crippen LogP contribution in [-0.2, 0) is 20.7 Å². The van der Waals surface area contributed by atoms with E-state index in [1.54, 1.807) is 6.92 Å². The van der Waals surface area contributed by atoms with Crippen molar-refractivity contribution in [3.05, 3.63) is 83.1 Å². The number of ether oxygens (including phenoxy) is 1. The summed E-state index contributed by atoms with van der Waals surface area (Å²) in [5, 5.41) is 0. The van der Waals surface area contributed by atoms with Crippen LogP contribution >= 0.6 is 0 Å². The standard InChI is InChI=1S/C24H24O4/c1-16(25)14-15-21-22(17(2)27-23(21)19-10-6-4-7-11-19)24(28-18(3)26)20-12-8-5-9-13-20/h4-13,24H,14-15H2,1-3H3. The molecule has 0 amide bonds. The summed E-state index contributed by atoms with van der Waals surface area (Å²) in [7, 11) is 0. The maximum Gasteiger partial charge on any atom is 0.303 e. The zero-order valence-corrected chi connectivity index (χ0v) is 16.4. The van der Waals surface area contributed by atoms with Crippen LogP contribution in [0.3, 0.4) is 0 Å². The molecule has 2 aromatic carbocycles. The molecular weight excluding hydrogens is 352 g/mol. The molecule has 0 saturated carbocycles. The van der Waals surface area contributed by atoms with Crippen LogP contribution in [0, 0.1) is 6.92 Å². The van der Waals surface area contributed by atoms with E-state index >= 15 is 0 Å². The van der Waals surface area contributed by atoms with Crippen molar-refractivity contribution >= 4 is 11.8 Å². The van der Waals surface area contributed by atoms with Gasteiger partial charge in [-0.3, -0.25) is 4.79 Å². The molecular formula is C24H24O4. The number of aryl methyl sites for hydroxylation is 1. The predicted octanol–water partition coefficient (Wildman–Crippen LogP) is 5.43. The highest BCUT2D eigenvalue weighted by molar-refractivity contribution is 5.76. The minimum atomic E-state index is -0.582. The third-order valence-corrected chi connectivity index (χ3v) is 4.65. The van der Waals surface area contributed by atoms with E-state index < -0.39 is 6.10 Å². The maximum atomic E-state index is 11.9. The molecule has 1 atom stereocenters. The number of Topliss-reactive ketones (excluding diaryl/α,β-unsaturated/α-hetero) is 1. The molecule has 3 aromatic rings. The van der Waals surface area contributed by atoms with Gasteiger partial charge in [0.25, 0.3) is 0 Å². The summed E-state index contributed by atoms with van der Waals surface area (Å²) in [6, 6.07) is 19.4. The van der Waals surface area contributed by atoms with Crippen molar-refractivity contribution in [1.29, 1.82) is 0 Å². The fourth-order valence-electron chi connectivity index (χ4n) is 3.41. The van der Waals surface area contributed by atoms with Gasteiger partial charge in [0.15, 0.2) is 6.10 Å². The van der Waals surface area contributed by atoms with Crippen molar-refractivity contribution in [3.63, 3.8) is 0 Å². The summed E-state index contributed by atoms with van der Waals surface area (Å²) < 4.78 is 11.9. The van der Waals surface area contributed by atoms with Crippen LogP contribution in [0.25, 0.3) is 11.3 Å². The van der Waals surface area contributed by atoms with Gasteiger partial charge in [0, 0.05) is 30.0 Å². The number of esters is 1. The van der Waals surface area contributed by atoms with Crippen LogP contribution in [0.5, 0.6) is 0 Å².